The first-order chi connectivity index (χ1) is 13.3. The highest BCUT2D eigenvalue weighted by atomic mass is 32.2. The van der Waals surface area contributed by atoms with Gasteiger partial charge in [0.05, 0.1) is 11.4 Å². The van der Waals surface area contributed by atoms with E-state index in [0.717, 1.165) is 51.1 Å². The van der Waals surface area contributed by atoms with E-state index in [1.54, 1.807) is 28.6 Å². The van der Waals surface area contributed by atoms with Gasteiger partial charge in [0.25, 0.3) is 0 Å². The molecule has 0 spiro atoms. The fraction of sp³-hybridized carbons (Fsp3) is 0.667. The third-order valence-corrected chi connectivity index (χ3v) is 8.21. The van der Waals surface area contributed by atoms with Gasteiger partial charge in [-0.1, -0.05) is 13.3 Å². The number of carbonyl (C=O) groups is 1. The van der Waals surface area contributed by atoms with Crippen molar-refractivity contribution in [3.8, 4) is 0 Å². The Morgan fingerprint density at radius 3 is 2.14 bits per heavy atom. The number of benzene rings is 1. The minimum absolute atomic E-state index is 0.0143. The van der Waals surface area contributed by atoms with Gasteiger partial charge in [0.2, 0.25) is 15.9 Å². The number of rotatable bonds is 5. The first-order valence-electron chi connectivity index (χ1n) is 10.4. The Kier molecular flexibility index (Phi) is 6.78. The second-order valence-corrected chi connectivity index (χ2v) is 10.3. The quantitative estimate of drug-likeness (QED) is 0.813. The molecule has 0 aromatic heterocycles. The summed E-state index contributed by atoms with van der Waals surface area (Å²) in [6.07, 6.45) is 5.12. The van der Waals surface area contributed by atoms with Crippen molar-refractivity contribution in [2.75, 3.05) is 25.0 Å². The molecule has 0 unspecified atom stereocenters. The molecule has 2 fully saturated rings. The van der Waals surface area contributed by atoms with Gasteiger partial charge in [-0.3, -0.25) is 9.69 Å². The molecule has 28 heavy (non-hydrogen) atoms. The summed E-state index contributed by atoms with van der Waals surface area (Å²) in [6, 6.07) is 6.59. The molecule has 2 aliphatic heterocycles. The normalized spacial score (nSPS) is 25.5. The number of amides is 1. The number of sulfonamides is 1. The summed E-state index contributed by atoms with van der Waals surface area (Å²) in [5, 5.41) is 2.89. The van der Waals surface area contributed by atoms with Crippen LogP contribution in [0.5, 0.6) is 0 Å². The van der Waals surface area contributed by atoms with Gasteiger partial charge in [0, 0.05) is 17.8 Å². The third kappa shape index (κ3) is 4.93. The number of nitrogens with one attached hydrogen (secondary N) is 1. The van der Waals surface area contributed by atoms with E-state index in [9.17, 15) is 13.2 Å². The average molecular weight is 408 g/mol. The molecular weight excluding hydrogens is 374 g/mol. The SMILES string of the molecule is CC1CCN(CC(=O)Nc2ccc(S(=O)(=O)N3[C@H](C)CCC[C@@H]3C)cc2)CC1. The molecule has 1 amide bonds. The van der Waals surface area contributed by atoms with Crippen molar-refractivity contribution in [1.82, 2.24) is 9.21 Å². The van der Waals surface area contributed by atoms with E-state index in [0.29, 0.717) is 12.2 Å². The smallest absolute Gasteiger partial charge is 0.243 e. The van der Waals surface area contributed by atoms with Crippen molar-refractivity contribution >= 4 is 21.6 Å². The minimum atomic E-state index is -3.52. The molecule has 156 valence electrons. The zero-order chi connectivity index (χ0) is 20.3. The van der Waals surface area contributed by atoms with Crippen LogP contribution in [0, 0.1) is 5.92 Å². The molecule has 6 nitrogen and oxygen atoms in total. The van der Waals surface area contributed by atoms with Gasteiger partial charge in [0.15, 0.2) is 0 Å². The van der Waals surface area contributed by atoms with Gasteiger partial charge in [-0.2, -0.15) is 4.31 Å². The molecule has 1 N–H and O–H groups in total. The molecule has 3 rings (SSSR count). The third-order valence-electron chi connectivity index (χ3n) is 6.07. The van der Waals surface area contributed by atoms with Gasteiger partial charge in [-0.05, 0) is 82.8 Å². The maximum atomic E-state index is 13.1. The summed E-state index contributed by atoms with van der Waals surface area (Å²) in [5.74, 6) is 0.683. The summed E-state index contributed by atoms with van der Waals surface area (Å²) < 4.78 is 27.8. The van der Waals surface area contributed by atoms with Crippen molar-refractivity contribution in [2.24, 2.45) is 5.92 Å². The second-order valence-electron chi connectivity index (χ2n) is 8.50. The van der Waals surface area contributed by atoms with Crippen LogP contribution in [0.1, 0.15) is 52.9 Å². The number of carbonyl (C=O) groups excluding carboxylic acids is 1. The fourth-order valence-electron chi connectivity index (χ4n) is 4.33. The Labute approximate surface area is 169 Å². The average Bonchev–Trinajstić information content (AvgIpc) is 2.64. The van der Waals surface area contributed by atoms with Gasteiger partial charge in [0.1, 0.15) is 0 Å². The van der Waals surface area contributed by atoms with E-state index >= 15 is 0 Å². The molecule has 1 aromatic rings. The maximum absolute atomic E-state index is 13.1. The van der Waals surface area contributed by atoms with Crippen LogP contribution in [0.15, 0.2) is 29.2 Å². The number of likely N-dealkylation sites (tertiary alicyclic amines) is 1. The Bertz CT molecular complexity index is 761. The topological polar surface area (TPSA) is 69.7 Å². The monoisotopic (exact) mass is 407 g/mol. The fourth-order valence-corrected chi connectivity index (χ4v) is 6.21. The van der Waals surface area contributed by atoms with E-state index in [4.69, 9.17) is 0 Å². The second kappa shape index (κ2) is 8.93. The van der Waals surface area contributed by atoms with Crippen LogP contribution in [0.25, 0.3) is 0 Å². The molecule has 1 aromatic carbocycles. The van der Waals surface area contributed by atoms with Crippen molar-refractivity contribution < 1.29 is 13.2 Å². The lowest BCUT2D eigenvalue weighted by Crippen LogP contribution is -2.47. The van der Waals surface area contributed by atoms with Crippen LogP contribution in [0.2, 0.25) is 0 Å². The molecule has 7 heteroatoms. The van der Waals surface area contributed by atoms with Gasteiger partial charge in [-0.25, -0.2) is 8.42 Å². The maximum Gasteiger partial charge on any atom is 0.243 e. The summed E-state index contributed by atoms with van der Waals surface area (Å²) >= 11 is 0. The van der Waals surface area contributed by atoms with E-state index in [-0.39, 0.29) is 22.9 Å². The number of hydrogen-bond donors (Lipinski definition) is 1. The summed E-state index contributed by atoms with van der Waals surface area (Å²) in [7, 11) is -3.52. The number of piperidine rings is 2. The molecular formula is C21H33N3O3S. The lowest BCUT2D eigenvalue weighted by molar-refractivity contribution is -0.117. The highest BCUT2D eigenvalue weighted by Crippen LogP contribution is 2.30. The summed E-state index contributed by atoms with van der Waals surface area (Å²) in [6.45, 7) is 8.50. The van der Waals surface area contributed by atoms with Gasteiger partial charge in [-0.15, -0.1) is 0 Å². The van der Waals surface area contributed by atoms with Crippen LogP contribution in [-0.2, 0) is 14.8 Å². The van der Waals surface area contributed by atoms with Crippen molar-refractivity contribution in [2.45, 2.75) is 69.9 Å². The molecule has 2 aliphatic rings. The Morgan fingerprint density at radius 2 is 1.57 bits per heavy atom. The largest absolute Gasteiger partial charge is 0.325 e. The minimum Gasteiger partial charge on any atom is -0.325 e. The number of nitrogens with zero attached hydrogens (tertiary/aromatic N) is 2. The molecule has 0 bridgehead atoms. The Balaban J connectivity index is 1.62. The molecule has 2 heterocycles. The Hall–Kier alpha value is -1.44. The van der Waals surface area contributed by atoms with E-state index in [1.807, 2.05) is 13.8 Å². The van der Waals surface area contributed by atoms with Crippen molar-refractivity contribution in [3.63, 3.8) is 0 Å². The van der Waals surface area contributed by atoms with Crippen LogP contribution < -0.4 is 5.32 Å². The lowest BCUT2D eigenvalue weighted by Gasteiger charge is -2.37. The zero-order valence-electron chi connectivity index (χ0n) is 17.2. The number of hydrogen-bond acceptors (Lipinski definition) is 4. The van der Waals surface area contributed by atoms with Crippen molar-refractivity contribution in [1.29, 1.82) is 0 Å². The number of anilines is 1. The van der Waals surface area contributed by atoms with Crippen LogP contribution in [-0.4, -0.2) is 55.2 Å². The summed E-state index contributed by atoms with van der Waals surface area (Å²) in [5.41, 5.74) is 0.633. The molecule has 0 radical (unpaired) electrons. The summed E-state index contributed by atoms with van der Waals surface area (Å²) in [4.78, 5) is 14.8. The standard InChI is InChI=1S/C21H33N3O3S/c1-16-11-13-23(14-12-16)15-21(25)22-19-7-9-20(10-8-19)28(26,27)24-17(2)5-4-6-18(24)3/h7-10,16-18H,4-6,11-15H2,1-3H3,(H,22,25)/t17-,18+. The molecule has 0 saturated carbocycles. The highest BCUT2D eigenvalue weighted by molar-refractivity contribution is 7.89. The lowest BCUT2D eigenvalue weighted by atomic mass is 9.99. The van der Waals surface area contributed by atoms with Gasteiger partial charge >= 0.3 is 0 Å². The van der Waals surface area contributed by atoms with E-state index in [2.05, 4.69) is 17.1 Å². The molecule has 2 atom stereocenters. The first-order valence-corrected chi connectivity index (χ1v) is 11.9. The first kappa shape index (κ1) is 21.3. The van der Waals surface area contributed by atoms with E-state index < -0.39 is 10.0 Å². The molecule has 0 aliphatic carbocycles. The molecule has 2 saturated heterocycles. The Morgan fingerprint density at radius 1 is 1.00 bits per heavy atom. The van der Waals surface area contributed by atoms with Crippen molar-refractivity contribution in [3.05, 3.63) is 24.3 Å². The van der Waals surface area contributed by atoms with Crippen LogP contribution in [0.3, 0.4) is 0 Å². The van der Waals surface area contributed by atoms with E-state index in [1.165, 1.54) is 0 Å². The highest BCUT2D eigenvalue weighted by Gasteiger charge is 2.35. The predicted octanol–water partition coefficient (Wildman–Crippen LogP) is 3.31. The van der Waals surface area contributed by atoms with Crippen LogP contribution in [0.4, 0.5) is 5.69 Å². The zero-order valence-corrected chi connectivity index (χ0v) is 18.0. The predicted molar refractivity (Wildman–Crippen MR) is 112 cm³/mol. The van der Waals surface area contributed by atoms with Crippen LogP contribution >= 0.6 is 0 Å². The van der Waals surface area contributed by atoms with Gasteiger partial charge < -0.3 is 5.32 Å².